The van der Waals surface area contributed by atoms with Gasteiger partial charge >= 0.3 is 11.9 Å². The minimum atomic E-state index is -0.207. The second-order valence-corrected chi connectivity index (χ2v) is 5.59. The molecule has 1 saturated heterocycles. The zero-order chi connectivity index (χ0) is 14.8. The van der Waals surface area contributed by atoms with E-state index in [1.54, 1.807) is 6.92 Å². The highest BCUT2D eigenvalue weighted by Crippen LogP contribution is 2.34. The highest BCUT2D eigenvalue weighted by atomic mass is 16.5. The number of cyclic esters (lactones) is 1. The fourth-order valence-corrected chi connectivity index (χ4v) is 3.42. The summed E-state index contributed by atoms with van der Waals surface area (Å²) in [5.41, 5.74) is 0.953. The lowest BCUT2D eigenvalue weighted by Crippen LogP contribution is -2.65. The molecule has 0 aromatic heterocycles. The quantitative estimate of drug-likeness (QED) is 0.629. The van der Waals surface area contributed by atoms with E-state index < -0.39 is 0 Å². The van der Waals surface area contributed by atoms with Gasteiger partial charge in [-0.2, -0.15) is 0 Å². The van der Waals surface area contributed by atoms with Crippen LogP contribution in [0.3, 0.4) is 0 Å². The molecule has 0 saturated carbocycles. The molecule has 1 aromatic carbocycles. The van der Waals surface area contributed by atoms with Crippen molar-refractivity contribution in [3.8, 4) is 0 Å². The minimum Gasteiger partial charge on any atom is -0.465 e. The van der Waals surface area contributed by atoms with Crippen molar-refractivity contribution in [2.45, 2.75) is 45.7 Å². The Bertz CT molecular complexity index is 498. The van der Waals surface area contributed by atoms with E-state index in [1.807, 2.05) is 44.2 Å². The van der Waals surface area contributed by atoms with Crippen LogP contribution in [0.4, 0.5) is 5.69 Å². The molecule has 4 nitrogen and oxygen atoms in total. The number of para-hydroxylation sites is 1. The largest absolute Gasteiger partial charge is 0.465 e. The molecule has 108 valence electrons. The predicted molar refractivity (Wildman–Crippen MR) is 78.0 cm³/mol. The first kappa shape index (κ1) is 14.7. The molecule has 1 heterocycles. The molecule has 1 aliphatic heterocycles. The van der Waals surface area contributed by atoms with Gasteiger partial charge in [0.25, 0.3) is 0 Å². The number of rotatable bonds is 3. The molecule has 1 amide bonds. The smallest absolute Gasteiger partial charge is 0.316 e. The maximum absolute atomic E-state index is 12.5. The summed E-state index contributed by atoms with van der Waals surface area (Å²) in [5, 5.41) is 0. The lowest BCUT2D eigenvalue weighted by atomic mass is 9.98. The summed E-state index contributed by atoms with van der Waals surface area (Å²) >= 11 is 0. The maximum atomic E-state index is 12.5. The summed E-state index contributed by atoms with van der Waals surface area (Å²) in [6, 6.07) is 9.79. The van der Waals surface area contributed by atoms with Crippen LogP contribution in [0, 0.1) is 0 Å². The van der Waals surface area contributed by atoms with Crippen LogP contribution in [0.5, 0.6) is 0 Å². The summed E-state index contributed by atoms with van der Waals surface area (Å²) in [6.45, 7) is 6.09. The van der Waals surface area contributed by atoms with E-state index in [1.165, 1.54) is 0 Å². The van der Waals surface area contributed by atoms with E-state index >= 15 is 0 Å². The number of hydrogen-bond donors (Lipinski definition) is 0. The summed E-state index contributed by atoms with van der Waals surface area (Å²) in [5.74, 6) is -0.132. The highest BCUT2D eigenvalue weighted by molar-refractivity contribution is 5.88. The van der Waals surface area contributed by atoms with Crippen LogP contribution in [-0.4, -0.2) is 30.6 Å². The summed E-state index contributed by atoms with van der Waals surface area (Å²) in [4.78, 5) is 24.2. The summed E-state index contributed by atoms with van der Waals surface area (Å²) < 4.78 is 5.26. The fraction of sp³-hybridized carbons (Fsp3) is 0.500. The van der Waals surface area contributed by atoms with Crippen LogP contribution < -0.4 is 4.48 Å². The van der Waals surface area contributed by atoms with Crippen molar-refractivity contribution < 1.29 is 14.3 Å². The van der Waals surface area contributed by atoms with Gasteiger partial charge in [-0.05, 0) is 26.0 Å². The average molecular weight is 276 g/mol. The number of quaternary nitrogens is 1. The van der Waals surface area contributed by atoms with Crippen LogP contribution in [-0.2, 0) is 14.3 Å². The van der Waals surface area contributed by atoms with E-state index in [0.717, 1.165) is 12.1 Å². The van der Waals surface area contributed by atoms with Crippen molar-refractivity contribution in [2.24, 2.45) is 0 Å². The molecule has 1 aliphatic rings. The van der Waals surface area contributed by atoms with Crippen molar-refractivity contribution in [3.63, 3.8) is 0 Å². The van der Waals surface area contributed by atoms with Gasteiger partial charge in [-0.3, -0.25) is 4.79 Å². The molecule has 0 aliphatic carbocycles. The van der Waals surface area contributed by atoms with Crippen molar-refractivity contribution >= 4 is 17.6 Å². The monoisotopic (exact) mass is 276 g/mol. The van der Waals surface area contributed by atoms with Gasteiger partial charge in [0.15, 0.2) is 0 Å². The highest BCUT2D eigenvalue weighted by Gasteiger charge is 2.48. The van der Waals surface area contributed by atoms with Gasteiger partial charge in [-0.1, -0.05) is 18.2 Å². The first-order valence-electron chi connectivity index (χ1n) is 7.10. The van der Waals surface area contributed by atoms with E-state index in [-0.39, 0.29) is 28.4 Å². The van der Waals surface area contributed by atoms with Gasteiger partial charge in [-0.25, -0.2) is 9.28 Å². The third-order valence-electron chi connectivity index (χ3n) is 4.21. The molecule has 20 heavy (non-hydrogen) atoms. The normalized spacial score (nSPS) is 22.2. The molecular formula is C16H22NO3+. The minimum absolute atomic E-state index is 0.0452. The SMILES string of the molecule is CC(=O)[N+](c1ccccc1)(C(C)C)C1CCOC(=O)C1. The summed E-state index contributed by atoms with van der Waals surface area (Å²) in [6.07, 6.45) is 1.02. The second-order valence-electron chi connectivity index (χ2n) is 5.59. The first-order chi connectivity index (χ1) is 9.49. The zero-order valence-electron chi connectivity index (χ0n) is 12.3. The Kier molecular flexibility index (Phi) is 4.23. The molecular weight excluding hydrogens is 254 g/mol. The lowest BCUT2D eigenvalue weighted by molar-refractivity contribution is -0.152. The Labute approximate surface area is 119 Å². The zero-order valence-corrected chi connectivity index (χ0v) is 12.3. The molecule has 2 unspecified atom stereocenters. The third-order valence-corrected chi connectivity index (χ3v) is 4.21. The molecule has 0 bridgehead atoms. The number of ether oxygens (including phenoxy) is 1. The Morgan fingerprint density at radius 1 is 1.30 bits per heavy atom. The van der Waals surface area contributed by atoms with Crippen molar-refractivity contribution in [1.82, 2.24) is 4.48 Å². The van der Waals surface area contributed by atoms with Gasteiger partial charge in [0.05, 0.1) is 26.0 Å². The molecule has 4 heteroatoms. The Hall–Kier alpha value is -1.68. The van der Waals surface area contributed by atoms with Gasteiger partial charge in [0.2, 0.25) is 0 Å². The van der Waals surface area contributed by atoms with Crippen LogP contribution in [0.25, 0.3) is 0 Å². The van der Waals surface area contributed by atoms with E-state index in [2.05, 4.69) is 0 Å². The van der Waals surface area contributed by atoms with Crippen molar-refractivity contribution in [2.75, 3.05) is 6.61 Å². The maximum Gasteiger partial charge on any atom is 0.316 e. The van der Waals surface area contributed by atoms with Crippen LogP contribution in [0.15, 0.2) is 30.3 Å². The molecule has 2 atom stereocenters. The van der Waals surface area contributed by atoms with Crippen molar-refractivity contribution in [1.29, 1.82) is 0 Å². The van der Waals surface area contributed by atoms with E-state index in [4.69, 9.17) is 4.74 Å². The molecule has 0 spiro atoms. The number of benzene rings is 1. The Morgan fingerprint density at radius 2 is 1.95 bits per heavy atom. The molecule has 1 aromatic rings. The predicted octanol–water partition coefficient (Wildman–Crippen LogP) is 2.65. The topological polar surface area (TPSA) is 43.4 Å². The third kappa shape index (κ3) is 2.36. The Morgan fingerprint density at radius 3 is 2.45 bits per heavy atom. The summed E-state index contributed by atoms with van der Waals surface area (Å²) in [7, 11) is 0. The fourth-order valence-electron chi connectivity index (χ4n) is 3.42. The van der Waals surface area contributed by atoms with Crippen LogP contribution >= 0.6 is 0 Å². The van der Waals surface area contributed by atoms with Crippen molar-refractivity contribution in [3.05, 3.63) is 30.3 Å². The molecule has 1 fully saturated rings. The second kappa shape index (κ2) is 5.75. The Balaban J connectivity index is 2.53. The van der Waals surface area contributed by atoms with Crippen LogP contribution in [0.2, 0.25) is 0 Å². The number of carbonyl (C=O) groups is 2. The number of nitrogens with zero attached hydrogens (tertiary/aromatic N) is 1. The number of amides is 1. The van der Waals surface area contributed by atoms with E-state index in [9.17, 15) is 9.59 Å². The molecule has 0 N–H and O–H groups in total. The van der Waals surface area contributed by atoms with Gasteiger partial charge in [0, 0.05) is 6.42 Å². The number of carbonyl (C=O) groups excluding carboxylic acids is 2. The number of hydrogen-bond acceptors (Lipinski definition) is 3. The standard InChI is InChI=1S/C16H22NO3/c1-12(2)17(13(3)18,14-7-5-4-6-8-14)15-9-10-20-16(19)11-15/h4-8,12,15H,9-11H2,1-3H3/q+1. The van der Waals surface area contributed by atoms with Gasteiger partial charge < -0.3 is 4.74 Å². The first-order valence-corrected chi connectivity index (χ1v) is 7.10. The average Bonchev–Trinajstić information content (AvgIpc) is 2.40. The van der Waals surface area contributed by atoms with E-state index in [0.29, 0.717) is 13.0 Å². The lowest BCUT2D eigenvalue weighted by Gasteiger charge is -2.45. The number of esters is 1. The van der Waals surface area contributed by atoms with Crippen LogP contribution in [0.1, 0.15) is 33.6 Å². The van der Waals surface area contributed by atoms with Gasteiger partial charge in [0.1, 0.15) is 11.7 Å². The molecule has 2 rings (SSSR count). The molecule has 0 radical (unpaired) electrons. The van der Waals surface area contributed by atoms with Gasteiger partial charge in [-0.15, -0.1) is 0 Å².